The van der Waals surface area contributed by atoms with Gasteiger partial charge in [-0.15, -0.1) is 0 Å². The van der Waals surface area contributed by atoms with E-state index < -0.39 is 0 Å². The topological polar surface area (TPSA) is 115 Å². The highest BCUT2D eigenvalue weighted by Crippen LogP contribution is 2.33. The van der Waals surface area contributed by atoms with E-state index in [2.05, 4.69) is 48.1 Å². The minimum atomic E-state index is -0.299. The Morgan fingerprint density at radius 3 is 2.78 bits per heavy atom. The van der Waals surface area contributed by atoms with Crippen molar-refractivity contribution in [1.82, 2.24) is 20.2 Å². The first-order valence-electron chi connectivity index (χ1n) is 11.0. The van der Waals surface area contributed by atoms with Crippen LogP contribution in [-0.2, 0) is 0 Å². The molecule has 10 nitrogen and oxygen atoms in total. The van der Waals surface area contributed by atoms with Crippen molar-refractivity contribution < 1.29 is 9.59 Å². The maximum Gasteiger partial charge on any atom is 0.319 e. The van der Waals surface area contributed by atoms with Gasteiger partial charge >= 0.3 is 6.03 Å². The van der Waals surface area contributed by atoms with Crippen LogP contribution in [-0.4, -0.2) is 66.6 Å². The van der Waals surface area contributed by atoms with Crippen LogP contribution in [0.2, 0.25) is 0 Å². The molecule has 0 radical (unpaired) electrons. The monoisotopic (exact) mass is 438 g/mol. The molecule has 0 spiro atoms. The van der Waals surface area contributed by atoms with Gasteiger partial charge in [0.25, 0.3) is 5.91 Å². The highest BCUT2D eigenvalue weighted by atomic mass is 16.2. The number of fused-ring (bicyclic) bond motifs is 2. The molecule has 0 unspecified atom stereocenters. The average molecular weight is 439 g/mol. The van der Waals surface area contributed by atoms with Gasteiger partial charge < -0.3 is 31.1 Å². The van der Waals surface area contributed by atoms with E-state index in [4.69, 9.17) is 0 Å². The molecule has 3 amide bonds. The molecule has 1 aromatic heterocycles. The van der Waals surface area contributed by atoms with Gasteiger partial charge in [-0.3, -0.25) is 4.79 Å². The number of nitrogens with one attached hydrogen (secondary N) is 4. The molecule has 1 aromatic carbocycles. The summed E-state index contributed by atoms with van der Waals surface area (Å²) in [6, 6.07) is 5.39. The summed E-state index contributed by atoms with van der Waals surface area (Å²) in [5.74, 6) is 0.757. The van der Waals surface area contributed by atoms with Crippen LogP contribution in [0.3, 0.4) is 0 Å². The summed E-state index contributed by atoms with van der Waals surface area (Å²) in [6.07, 6.45) is 4.51. The Morgan fingerprint density at radius 1 is 1.25 bits per heavy atom. The molecule has 0 atom stereocenters. The molecule has 170 valence electrons. The van der Waals surface area contributed by atoms with Gasteiger partial charge in [-0.25, -0.2) is 9.78 Å². The third-order valence-electron chi connectivity index (χ3n) is 5.89. The number of piperidine rings is 1. The number of hydrogen-bond donors (Lipinski definition) is 4. The molecule has 3 heterocycles. The fourth-order valence-electron chi connectivity index (χ4n) is 3.91. The number of urea groups is 1. The molecular formula is C22H30N8O2. The highest BCUT2D eigenvalue weighted by molar-refractivity contribution is 6.11. The Bertz CT molecular complexity index is 1000. The zero-order valence-electron chi connectivity index (χ0n) is 18.7. The smallest absolute Gasteiger partial charge is 0.319 e. The third kappa shape index (κ3) is 4.75. The Balaban J connectivity index is 1.53. The van der Waals surface area contributed by atoms with Gasteiger partial charge in [0, 0.05) is 31.5 Å². The number of hydrogen-bond acceptors (Lipinski definition) is 7. The molecule has 10 heteroatoms. The number of amides is 3. The first-order chi connectivity index (χ1) is 15.4. The normalized spacial score (nSPS) is 16.2. The Kier molecular flexibility index (Phi) is 6.40. The summed E-state index contributed by atoms with van der Waals surface area (Å²) in [7, 11) is 4.14. The average Bonchev–Trinajstić information content (AvgIpc) is 2.92. The zero-order valence-corrected chi connectivity index (χ0v) is 18.7. The number of benzene rings is 1. The van der Waals surface area contributed by atoms with Crippen molar-refractivity contribution >= 4 is 40.8 Å². The standard InChI is InChI=1S/C22H30N8O2/c1-4-9-23-22(32)25-14-5-6-17-18(12-14)27-20(31)16-13-24-21(28-19(16)26-17)30(3)15-7-10-29(2)11-8-15/h5-6,12-13,15H,4,7-11H2,1-3H3,(H,27,31)(H2,23,25,32)(H,24,26,28). The number of carbonyl (C=O) groups is 2. The largest absolute Gasteiger partial charge is 0.341 e. The molecule has 4 rings (SSSR count). The van der Waals surface area contributed by atoms with E-state index in [1.54, 1.807) is 18.3 Å². The van der Waals surface area contributed by atoms with Crippen LogP contribution in [0.1, 0.15) is 36.5 Å². The van der Waals surface area contributed by atoms with Crippen LogP contribution in [0, 0.1) is 0 Å². The van der Waals surface area contributed by atoms with E-state index in [1.165, 1.54) is 0 Å². The van der Waals surface area contributed by atoms with Crippen molar-refractivity contribution in [2.75, 3.05) is 54.6 Å². The maximum absolute atomic E-state index is 12.8. The third-order valence-corrected chi connectivity index (χ3v) is 5.89. The second-order valence-electron chi connectivity index (χ2n) is 8.30. The molecule has 32 heavy (non-hydrogen) atoms. The molecule has 1 saturated heterocycles. The lowest BCUT2D eigenvalue weighted by atomic mass is 10.0. The van der Waals surface area contributed by atoms with Crippen molar-refractivity contribution in [3.63, 3.8) is 0 Å². The Morgan fingerprint density at radius 2 is 2.03 bits per heavy atom. The number of anilines is 5. The van der Waals surface area contributed by atoms with Gasteiger partial charge in [0.15, 0.2) is 0 Å². The highest BCUT2D eigenvalue weighted by Gasteiger charge is 2.26. The molecule has 0 saturated carbocycles. The lowest BCUT2D eigenvalue weighted by molar-refractivity contribution is 0.102. The molecule has 0 aliphatic carbocycles. The molecule has 2 aromatic rings. The van der Waals surface area contributed by atoms with Crippen molar-refractivity contribution in [2.24, 2.45) is 0 Å². The van der Waals surface area contributed by atoms with Crippen molar-refractivity contribution in [1.29, 1.82) is 0 Å². The van der Waals surface area contributed by atoms with Gasteiger partial charge in [-0.05, 0) is 57.6 Å². The quantitative estimate of drug-likeness (QED) is 0.567. The number of carbonyl (C=O) groups excluding carboxylic acids is 2. The van der Waals surface area contributed by atoms with E-state index in [0.29, 0.717) is 47.0 Å². The van der Waals surface area contributed by atoms with Crippen LogP contribution >= 0.6 is 0 Å². The van der Waals surface area contributed by atoms with E-state index in [9.17, 15) is 9.59 Å². The molecular weight excluding hydrogens is 408 g/mol. The molecule has 0 bridgehead atoms. The van der Waals surface area contributed by atoms with Crippen LogP contribution in [0.25, 0.3) is 0 Å². The predicted octanol–water partition coefficient (Wildman–Crippen LogP) is 2.85. The molecule has 4 N–H and O–H groups in total. The van der Waals surface area contributed by atoms with E-state index >= 15 is 0 Å². The fourth-order valence-corrected chi connectivity index (χ4v) is 3.91. The SMILES string of the molecule is CCCNC(=O)Nc1ccc2c(c1)NC(=O)c1cnc(N(C)C3CCN(C)CC3)nc1N2. The Labute approximate surface area is 187 Å². The molecule has 1 fully saturated rings. The molecule has 2 aliphatic rings. The Hall–Kier alpha value is -3.40. The zero-order chi connectivity index (χ0) is 22.7. The van der Waals surface area contributed by atoms with Gasteiger partial charge in [0.05, 0.1) is 11.4 Å². The van der Waals surface area contributed by atoms with Crippen LogP contribution in [0.5, 0.6) is 0 Å². The van der Waals surface area contributed by atoms with Crippen molar-refractivity contribution in [3.8, 4) is 0 Å². The summed E-state index contributed by atoms with van der Waals surface area (Å²) >= 11 is 0. The summed E-state index contributed by atoms with van der Waals surface area (Å²) in [6.45, 7) is 4.67. The van der Waals surface area contributed by atoms with Crippen molar-refractivity contribution in [3.05, 3.63) is 30.0 Å². The van der Waals surface area contributed by atoms with Crippen LogP contribution in [0.15, 0.2) is 24.4 Å². The van der Waals surface area contributed by atoms with Gasteiger partial charge in [-0.2, -0.15) is 4.98 Å². The minimum Gasteiger partial charge on any atom is -0.341 e. The van der Waals surface area contributed by atoms with E-state index in [-0.39, 0.29) is 11.9 Å². The minimum absolute atomic E-state index is 0.282. The van der Waals surface area contributed by atoms with Gasteiger partial charge in [-0.1, -0.05) is 6.92 Å². The number of aromatic nitrogens is 2. The van der Waals surface area contributed by atoms with Gasteiger partial charge in [0.2, 0.25) is 5.95 Å². The van der Waals surface area contributed by atoms with Gasteiger partial charge in [0.1, 0.15) is 11.4 Å². The summed E-state index contributed by atoms with van der Waals surface area (Å²) < 4.78 is 0. The number of nitrogens with zero attached hydrogens (tertiary/aromatic N) is 4. The summed E-state index contributed by atoms with van der Waals surface area (Å²) in [4.78, 5) is 38.3. The summed E-state index contributed by atoms with van der Waals surface area (Å²) in [5, 5.41) is 11.7. The second kappa shape index (κ2) is 9.39. The second-order valence-corrected chi connectivity index (χ2v) is 8.30. The van der Waals surface area contributed by atoms with Crippen LogP contribution < -0.4 is 26.2 Å². The van der Waals surface area contributed by atoms with E-state index in [0.717, 1.165) is 32.4 Å². The maximum atomic E-state index is 12.8. The lowest BCUT2D eigenvalue weighted by Crippen LogP contribution is -2.42. The number of likely N-dealkylation sites (tertiary alicyclic amines) is 1. The molecule has 2 aliphatic heterocycles. The summed E-state index contributed by atoms with van der Waals surface area (Å²) in [5.41, 5.74) is 2.21. The first-order valence-corrected chi connectivity index (χ1v) is 11.0. The predicted molar refractivity (Wildman–Crippen MR) is 126 cm³/mol. The lowest BCUT2D eigenvalue weighted by Gasteiger charge is -2.35. The van der Waals surface area contributed by atoms with Crippen molar-refractivity contribution in [2.45, 2.75) is 32.2 Å². The fraction of sp³-hybridized carbons (Fsp3) is 0.455. The number of rotatable bonds is 5. The van der Waals surface area contributed by atoms with E-state index in [1.807, 2.05) is 20.0 Å². The van der Waals surface area contributed by atoms with Crippen LogP contribution in [0.4, 0.5) is 33.6 Å². The first kappa shape index (κ1) is 21.8.